The molecule has 1 saturated heterocycles. The highest BCUT2D eigenvalue weighted by molar-refractivity contribution is 7.12. The number of amides is 3. The number of likely N-dealkylation sites (tertiary alicyclic amines) is 1. The van der Waals surface area contributed by atoms with E-state index in [1.165, 1.54) is 16.2 Å². The van der Waals surface area contributed by atoms with Gasteiger partial charge in [-0.2, -0.15) is 0 Å². The molecule has 1 aliphatic heterocycles. The second-order valence-corrected chi connectivity index (χ2v) is 8.27. The zero-order valence-corrected chi connectivity index (χ0v) is 17.5. The predicted molar refractivity (Wildman–Crippen MR) is 111 cm³/mol. The largest absolute Gasteiger partial charge is 0.335 e. The highest BCUT2D eigenvalue weighted by Crippen LogP contribution is 2.25. The second-order valence-electron chi connectivity index (χ2n) is 6.51. The van der Waals surface area contributed by atoms with E-state index in [0.29, 0.717) is 33.6 Å². The molecule has 0 aliphatic carbocycles. The highest BCUT2D eigenvalue weighted by atomic mass is 35.5. The first-order chi connectivity index (χ1) is 13.4. The van der Waals surface area contributed by atoms with E-state index in [0.717, 1.165) is 6.42 Å². The van der Waals surface area contributed by atoms with Crippen molar-refractivity contribution in [2.24, 2.45) is 0 Å². The van der Waals surface area contributed by atoms with Crippen LogP contribution in [0.1, 0.15) is 22.5 Å². The Morgan fingerprint density at radius 1 is 1.25 bits per heavy atom. The van der Waals surface area contributed by atoms with Crippen LogP contribution in [0.2, 0.25) is 10.0 Å². The number of anilines is 1. The Morgan fingerprint density at radius 3 is 2.71 bits per heavy atom. The summed E-state index contributed by atoms with van der Waals surface area (Å²) < 4.78 is 0. The molecule has 0 bridgehead atoms. The highest BCUT2D eigenvalue weighted by Gasteiger charge is 2.36. The van der Waals surface area contributed by atoms with Crippen molar-refractivity contribution in [3.63, 3.8) is 0 Å². The summed E-state index contributed by atoms with van der Waals surface area (Å²) in [6, 6.07) is 7.78. The fourth-order valence-electron chi connectivity index (χ4n) is 3.13. The van der Waals surface area contributed by atoms with Crippen LogP contribution in [-0.4, -0.2) is 53.7 Å². The maximum absolute atomic E-state index is 12.8. The van der Waals surface area contributed by atoms with Gasteiger partial charge in [0.15, 0.2) is 0 Å². The van der Waals surface area contributed by atoms with Gasteiger partial charge in [0, 0.05) is 19.3 Å². The van der Waals surface area contributed by atoms with E-state index in [1.807, 2.05) is 11.4 Å². The van der Waals surface area contributed by atoms with Crippen molar-refractivity contribution in [1.29, 1.82) is 0 Å². The monoisotopic (exact) mass is 439 g/mol. The van der Waals surface area contributed by atoms with Gasteiger partial charge in [-0.25, -0.2) is 0 Å². The number of rotatable bonds is 5. The van der Waals surface area contributed by atoms with Gasteiger partial charge in [-0.3, -0.25) is 14.4 Å². The van der Waals surface area contributed by atoms with Crippen molar-refractivity contribution in [3.05, 3.63) is 50.6 Å². The van der Waals surface area contributed by atoms with Crippen LogP contribution in [0.25, 0.3) is 0 Å². The third-order valence-corrected chi connectivity index (χ3v) is 6.09. The minimum atomic E-state index is -0.544. The molecular formula is C19H19Cl2N3O3S. The van der Waals surface area contributed by atoms with Crippen molar-refractivity contribution in [3.8, 4) is 0 Å². The van der Waals surface area contributed by atoms with Gasteiger partial charge < -0.3 is 15.1 Å². The van der Waals surface area contributed by atoms with Crippen LogP contribution in [0.3, 0.4) is 0 Å². The van der Waals surface area contributed by atoms with E-state index < -0.39 is 6.04 Å². The van der Waals surface area contributed by atoms with Crippen LogP contribution in [0.4, 0.5) is 5.69 Å². The Hall–Kier alpha value is -2.09. The lowest BCUT2D eigenvalue weighted by atomic mass is 10.2. The first-order valence-corrected chi connectivity index (χ1v) is 10.3. The molecule has 0 radical (unpaired) electrons. The molecule has 3 amide bonds. The van der Waals surface area contributed by atoms with Gasteiger partial charge in [0.2, 0.25) is 11.8 Å². The lowest BCUT2D eigenvalue weighted by Gasteiger charge is -2.27. The molecule has 0 saturated carbocycles. The quantitative estimate of drug-likeness (QED) is 0.770. The number of hydrogen-bond acceptors (Lipinski definition) is 4. The molecule has 148 valence electrons. The number of nitrogens with zero attached hydrogens (tertiary/aromatic N) is 2. The molecule has 3 rings (SSSR count). The molecular weight excluding hydrogens is 421 g/mol. The van der Waals surface area contributed by atoms with E-state index in [-0.39, 0.29) is 24.3 Å². The van der Waals surface area contributed by atoms with Crippen molar-refractivity contribution >= 4 is 57.9 Å². The van der Waals surface area contributed by atoms with Gasteiger partial charge in [0.05, 0.1) is 21.5 Å². The summed E-state index contributed by atoms with van der Waals surface area (Å²) in [6.07, 6.45) is 1.35. The van der Waals surface area contributed by atoms with Gasteiger partial charge in [0.25, 0.3) is 5.91 Å². The second kappa shape index (κ2) is 8.94. The van der Waals surface area contributed by atoms with Gasteiger partial charge in [-0.15, -0.1) is 11.3 Å². The average molecular weight is 440 g/mol. The SMILES string of the molecule is CN(CC(=O)Nc1ccc(Cl)c(Cl)c1)C(=O)C1CCCN1C(=O)c1cccs1. The first-order valence-electron chi connectivity index (χ1n) is 8.71. The molecule has 1 aliphatic rings. The van der Waals surface area contributed by atoms with E-state index in [2.05, 4.69) is 5.32 Å². The third-order valence-electron chi connectivity index (χ3n) is 4.49. The Balaban J connectivity index is 1.60. The number of thiophene rings is 1. The standard InChI is InChI=1S/C19H19Cl2N3O3S/c1-23(11-17(25)22-12-6-7-13(20)14(21)10-12)18(26)15-4-2-8-24(15)19(27)16-5-3-9-28-16/h3,5-7,9-10,15H,2,4,8,11H2,1H3,(H,22,25). The lowest BCUT2D eigenvalue weighted by Crippen LogP contribution is -2.48. The summed E-state index contributed by atoms with van der Waals surface area (Å²) in [5, 5.41) is 5.24. The smallest absolute Gasteiger partial charge is 0.264 e. The molecule has 2 aromatic rings. The van der Waals surface area contributed by atoms with E-state index in [4.69, 9.17) is 23.2 Å². The summed E-state index contributed by atoms with van der Waals surface area (Å²) in [4.78, 5) is 41.3. The average Bonchev–Trinajstić information content (AvgIpc) is 3.35. The zero-order valence-electron chi connectivity index (χ0n) is 15.2. The molecule has 0 spiro atoms. The third kappa shape index (κ3) is 4.66. The summed E-state index contributed by atoms with van der Waals surface area (Å²) >= 11 is 13.2. The van der Waals surface area contributed by atoms with E-state index >= 15 is 0 Å². The summed E-state index contributed by atoms with van der Waals surface area (Å²) in [5.74, 6) is -0.741. The van der Waals surface area contributed by atoms with Crippen molar-refractivity contribution in [2.75, 3.05) is 25.5 Å². The summed E-state index contributed by atoms with van der Waals surface area (Å²) in [5.41, 5.74) is 0.496. The number of likely N-dealkylation sites (N-methyl/N-ethyl adjacent to an activating group) is 1. The van der Waals surface area contributed by atoms with E-state index in [1.54, 1.807) is 36.2 Å². The molecule has 1 unspecified atom stereocenters. The predicted octanol–water partition coefficient (Wildman–Crippen LogP) is 3.76. The fraction of sp³-hybridized carbons (Fsp3) is 0.316. The van der Waals surface area contributed by atoms with Crippen LogP contribution in [0.5, 0.6) is 0 Å². The molecule has 6 nitrogen and oxygen atoms in total. The van der Waals surface area contributed by atoms with Crippen molar-refractivity contribution < 1.29 is 14.4 Å². The number of benzene rings is 1. The molecule has 28 heavy (non-hydrogen) atoms. The number of carbonyl (C=O) groups excluding carboxylic acids is 3. The van der Waals surface area contributed by atoms with Gasteiger partial charge in [-0.1, -0.05) is 29.3 Å². The van der Waals surface area contributed by atoms with E-state index in [9.17, 15) is 14.4 Å². The number of halogens is 2. The normalized spacial score (nSPS) is 16.1. The first kappa shape index (κ1) is 20.6. The molecule has 1 N–H and O–H groups in total. The molecule has 1 aromatic heterocycles. The Bertz CT molecular complexity index is 889. The van der Waals surface area contributed by atoms with Crippen molar-refractivity contribution in [1.82, 2.24) is 9.80 Å². The molecule has 2 heterocycles. The fourth-order valence-corrected chi connectivity index (χ4v) is 4.11. The van der Waals surface area contributed by atoms with Crippen LogP contribution in [0, 0.1) is 0 Å². The zero-order chi connectivity index (χ0) is 20.3. The Morgan fingerprint density at radius 2 is 2.04 bits per heavy atom. The minimum Gasteiger partial charge on any atom is -0.335 e. The van der Waals surface area contributed by atoms with Gasteiger partial charge in [-0.05, 0) is 42.5 Å². The molecule has 1 aromatic carbocycles. The van der Waals surface area contributed by atoms with Crippen LogP contribution in [-0.2, 0) is 9.59 Å². The maximum atomic E-state index is 12.8. The van der Waals surface area contributed by atoms with Crippen LogP contribution < -0.4 is 5.32 Å². The summed E-state index contributed by atoms with van der Waals surface area (Å²) in [7, 11) is 1.56. The van der Waals surface area contributed by atoms with Crippen molar-refractivity contribution in [2.45, 2.75) is 18.9 Å². The van der Waals surface area contributed by atoms with Gasteiger partial charge in [0.1, 0.15) is 6.04 Å². The maximum Gasteiger partial charge on any atom is 0.264 e. The molecule has 1 atom stereocenters. The number of nitrogens with one attached hydrogen (secondary N) is 1. The molecule has 1 fully saturated rings. The number of hydrogen-bond donors (Lipinski definition) is 1. The Labute approximate surface area is 177 Å². The lowest BCUT2D eigenvalue weighted by molar-refractivity contribution is -0.136. The molecule has 9 heteroatoms. The van der Waals surface area contributed by atoms with Crippen LogP contribution >= 0.6 is 34.5 Å². The van der Waals surface area contributed by atoms with Gasteiger partial charge >= 0.3 is 0 Å². The van der Waals surface area contributed by atoms with Crippen LogP contribution in [0.15, 0.2) is 35.7 Å². The minimum absolute atomic E-state index is 0.128. The summed E-state index contributed by atoms with van der Waals surface area (Å²) in [6.45, 7) is 0.410. The number of carbonyl (C=O) groups is 3. The Kier molecular flexibility index (Phi) is 6.59. The topological polar surface area (TPSA) is 69.7 Å².